The van der Waals surface area contributed by atoms with Crippen molar-refractivity contribution in [3.8, 4) is 0 Å². The van der Waals surface area contributed by atoms with E-state index in [9.17, 15) is 9.59 Å². The minimum Gasteiger partial charge on any atom is -0.377 e. The van der Waals surface area contributed by atoms with Gasteiger partial charge in [0, 0.05) is 19.3 Å². The zero-order valence-electron chi connectivity index (χ0n) is 11.8. The number of hydrogen-bond acceptors (Lipinski definition) is 4. The first kappa shape index (κ1) is 15.7. The molecule has 2 amide bonds. The van der Waals surface area contributed by atoms with Gasteiger partial charge >= 0.3 is 0 Å². The maximum Gasteiger partial charge on any atom is 0.256 e. The maximum absolute atomic E-state index is 12.5. The first-order valence-electron chi connectivity index (χ1n) is 6.91. The van der Waals surface area contributed by atoms with Gasteiger partial charge in [-0.3, -0.25) is 9.59 Å². The van der Waals surface area contributed by atoms with Gasteiger partial charge in [-0.05, 0) is 18.6 Å². The second kappa shape index (κ2) is 7.38. The molecule has 6 nitrogen and oxygen atoms in total. The van der Waals surface area contributed by atoms with Crippen molar-refractivity contribution in [3.05, 3.63) is 29.0 Å². The smallest absolute Gasteiger partial charge is 0.256 e. The van der Waals surface area contributed by atoms with Crippen LogP contribution < -0.4 is 5.32 Å². The van der Waals surface area contributed by atoms with Crippen molar-refractivity contribution in [2.45, 2.75) is 19.4 Å². The predicted molar refractivity (Wildman–Crippen MR) is 78.2 cm³/mol. The Labute approximate surface area is 128 Å². The molecule has 1 aromatic heterocycles. The molecule has 7 heteroatoms. The number of nitrogens with one attached hydrogen (secondary N) is 1. The van der Waals surface area contributed by atoms with Crippen LogP contribution in [0.4, 0.5) is 0 Å². The van der Waals surface area contributed by atoms with Crippen LogP contribution in [-0.2, 0) is 9.53 Å². The third-order valence-electron chi connectivity index (χ3n) is 3.22. The lowest BCUT2D eigenvalue weighted by Gasteiger charge is -2.34. The molecule has 21 heavy (non-hydrogen) atoms. The maximum atomic E-state index is 12.5. The molecule has 1 N–H and O–H groups in total. The van der Waals surface area contributed by atoms with E-state index in [-0.39, 0.29) is 18.4 Å². The van der Waals surface area contributed by atoms with Gasteiger partial charge in [0.05, 0.1) is 18.8 Å². The SMILES string of the molecule is CCCNC(=O)C1COCCN1C(=O)c1ccc(Cl)nc1. The molecule has 2 heterocycles. The van der Waals surface area contributed by atoms with Crippen LogP contribution in [0.2, 0.25) is 5.15 Å². The highest BCUT2D eigenvalue weighted by molar-refractivity contribution is 6.29. The molecule has 114 valence electrons. The van der Waals surface area contributed by atoms with Crippen molar-refractivity contribution in [1.29, 1.82) is 0 Å². The summed E-state index contributed by atoms with van der Waals surface area (Å²) in [5.41, 5.74) is 0.412. The molecule has 0 bridgehead atoms. The van der Waals surface area contributed by atoms with E-state index in [1.807, 2.05) is 6.92 Å². The normalized spacial score (nSPS) is 18.4. The van der Waals surface area contributed by atoms with Crippen molar-refractivity contribution >= 4 is 23.4 Å². The molecule has 1 aliphatic rings. The molecule has 0 aliphatic carbocycles. The lowest BCUT2D eigenvalue weighted by Crippen LogP contribution is -2.56. The van der Waals surface area contributed by atoms with Crippen molar-refractivity contribution in [2.75, 3.05) is 26.3 Å². The summed E-state index contributed by atoms with van der Waals surface area (Å²) in [6, 6.07) is 2.56. The van der Waals surface area contributed by atoms with Gasteiger partial charge in [0.25, 0.3) is 5.91 Å². The number of amides is 2. The number of halogens is 1. The number of rotatable bonds is 4. The number of morpholine rings is 1. The molecule has 1 saturated heterocycles. The van der Waals surface area contributed by atoms with Crippen molar-refractivity contribution in [2.24, 2.45) is 0 Å². The van der Waals surface area contributed by atoms with Crippen LogP contribution >= 0.6 is 11.6 Å². The number of nitrogens with zero attached hydrogens (tertiary/aromatic N) is 2. The summed E-state index contributed by atoms with van der Waals surface area (Å²) in [5.74, 6) is -0.425. The third-order valence-corrected chi connectivity index (χ3v) is 3.44. The fraction of sp³-hybridized carbons (Fsp3) is 0.500. The molecule has 0 saturated carbocycles. The molecule has 1 aliphatic heterocycles. The highest BCUT2D eigenvalue weighted by Crippen LogP contribution is 2.14. The average Bonchev–Trinajstić information content (AvgIpc) is 2.52. The van der Waals surface area contributed by atoms with E-state index in [2.05, 4.69) is 10.3 Å². The summed E-state index contributed by atoms with van der Waals surface area (Å²) in [5, 5.41) is 3.12. The third kappa shape index (κ3) is 3.92. The molecule has 2 rings (SSSR count). The zero-order chi connectivity index (χ0) is 15.2. The fourth-order valence-electron chi connectivity index (χ4n) is 2.10. The van der Waals surface area contributed by atoms with Gasteiger partial charge in [-0.1, -0.05) is 18.5 Å². The number of aromatic nitrogens is 1. The molecule has 1 unspecified atom stereocenters. The minimum atomic E-state index is -0.603. The van der Waals surface area contributed by atoms with Gasteiger partial charge < -0.3 is 15.0 Å². The molecule has 1 aromatic rings. The Bertz CT molecular complexity index is 507. The number of pyridine rings is 1. The molecule has 0 spiro atoms. The van der Waals surface area contributed by atoms with Crippen LogP contribution in [0.15, 0.2) is 18.3 Å². The first-order chi connectivity index (χ1) is 10.1. The van der Waals surface area contributed by atoms with Crippen LogP contribution in [-0.4, -0.2) is 54.0 Å². The van der Waals surface area contributed by atoms with Crippen LogP contribution in [0, 0.1) is 0 Å². The van der Waals surface area contributed by atoms with E-state index in [0.29, 0.717) is 30.4 Å². The predicted octanol–water partition coefficient (Wildman–Crippen LogP) is 1.10. The standard InChI is InChI=1S/C14H18ClN3O3/c1-2-5-16-13(19)11-9-21-7-6-18(11)14(20)10-3-4-12(15)17-8-10/h3-4,8,11H,2,5-7,9H2,1H3,(H,16,19). The summed E-state index contributed by atoms with van der Waals surface area (Å²) < 4.78 is 5.33. The highest BCUT2D eigenvalue weighted by Gasteiger charge is 2.33. The van der Waals surface area contributed by atoms with Crippen LogP contribution in [0.3, 0.4) is 0 Å². The van der Waals surface area contributed by atoms with Gasteiger partial charge in [0.15, 0.2) is 0 Å². The Kier molecular flexibility index (Phi) is 5.52. The second-order valence-electron chi connectivity index (χ2n) is 4.75. The van der Waals surface area contributed by atoms with E-state index < -0.39 is 6.04 Å². The molecule has 0 radical (unpaired) electrons. The van der Waals surface area contributed by atoms with Crippen LogP contribution in [0.5, 0.6) is 0 Å². The van der Waals surface area contributed by atoms with Crippen molar-refractivity contribution in [3.63, 3.8) is 0 Å². The number of ether oxygens (including phenoxy) is 1. The number of hydrogen-bond donors (Lipinski definition) is 1. The Morgan fingerprint density at radius 1 is 1.52 bits per heavy atom. The van der Waals surface area contributed by atoms with Crippen LogP contribution in [0.25, 0.3) is 0 Å². The Hall–Kier alpha value is -1.66. The fourth-order valence-corrected chi connectivity index (χ4v) is 2.21. The van der Waals surface area contributed by atoms with E-state index >= 15 is 0 Å². The van der Waals surface area contributed by atoms with Gasteiger partial charge in [0.1, 0.15) is 11.2 Å². The summed E-state index contributed by atoms with van der Waals surface area (Å²) in [6.07, 6.45) is 2.26. The minimum absolute atomic E-state index is 0.188. The molecule has 1 atom stereocenters. The number of carbonyl (C=O) groups excluding carboxylic acids is 2. The molecular formula is C14H18ClN3O3. The lowest BCUT2D eigenvalue weighted by atomic mass is 10.1. The second-order valence-corrected chi connectivity index (χ2v) is 5.14. The Balaban J connectivity index is 2.12. The largest absolute Gasteiger partial charge is 0.377 e. The monoisotopic (exact) mass is 311 g/mol. The van der Waals surface area contributed by atoms with E-state index in [4.69, 9.17) is 16.3 Å². The van der Waals surface area contributed by atoms with Gasteiger partial charge in [-0.2, -0.15) is 0 Å². The van der Waals surface area contributed by atoms with E-state index in [1.54, 1.807) is 12.1 Å². The molecule has 0 aromatic carbocycles. The Morgan fingerprint density at radius 3 is 3.00 bits per heavy atom. The van der Waals surface area contributed by atoms with Gasteiger partial charge in [-0.15, -0.1) is 0 Å². The topological polar surface area (TPSA) is 71.5 Å². The first-order valence-corrected chi connectivity index (χ1v) is 7.29. The van der Waals surface area contributed by atoms with Gasteiger partial charge in [0.2, 0.25) is 5.91 Å². The van der Waals surface area contributed by atoms with E-state index in [1.165, 1.54) is 11.1 Å². The number of carbonyl (C=O) groups is 2. The summed E-state index contributed by atoms with van der Waals surface area (Å²) in [6.45, 7) is 3.57. The summed E-state index contributed by atoms with van der Waals surface area (Å²) in [7, 11) is 0. The van der Waals surface area contributed by atoms with Crippen molar-refractivity contribution < 1.29 is 14.3 Å². The quantitative estimate of drug-likeness (QED) is 0.845. The summed E-state index contributed by atoms with van der Waals surface area (Å²) in [4.78, 5) is 30.1. The van der Waals surface area contributed by atoms with E-state index in [0.717, 1.165) is 6.42 Å². The van der Waals surface area contributed by atoms with Gasteiger partial charge in [-0.25, -0.2) is 4.98 Å². The van der Waals surface area contributed by atoms with Crippen LogP contribution in [0.1, 0.15) is 23.7 Å². The average molecular weight is 312 g/mol. The highest BCUT2D eigenvalue weighted by atomic mass is 35.5. The molecule has 1 fully saturated rings. The van der Waals surface area contributed by atoms with Crippen molar-refractivity contribution in [1.82, 2.24) is 15.2 Å². The summed E-state index contributed by atoms with van der Waals surface area (Å²) >= 11 is 5.72. The lowest BCUT2D eigenvalue weighted by molar-refractivity contribution is -0.130. The molecular weight excluding hydrogens is 294 g/mol. The zero-order valence-corrected chi connectivity index (χ0v) is 12.6. The Morgan fingerprint density at radius 2 is 2.33 bits per heavy atom.